The van der Waals surface area contributed by atoms with Gasteiger partial charge in [-0.2, -0.15) is 0 Å². The molecule has 4 aromatic rings. The van der Waals surface area contributed by atoms with Crippen molar-refractivity contribution in [3.8, 4) is 11.4 Å². The van der Waals surface area contributed by atoms with Crippen molar-refractivity contribution >= 4 is 40.7 Å². The zero-order chi connectivity index (χ0) is 22.5. The number of thioether (sulfide) groups is 1. The smallest absolute Gasteiger partial charge is 0.196 e. The van der Waals surface area contributed by atoms with Gasteiger partial charge in [0.2, 0.25) is 0 Å². The van der Waals surface area contributed by atoms with Crippen LogP contribution in [0.4, 0.5) is 0 Å². The van der Waals surface area contributed by atoms with E-state index in [2.05, 4.69) is 10.2 Å². The lowest BCUT2D eigenvalue weighted by atomic mass is 10.2. The van der Waals surface area contributed by atoms with E-state index in [9.17, 15) is 4.79 Å². The van der Waals surface area contributed by atoms with Crippen molar-refractivity contribution in [2.75, 3.05) is 5.75 Å². The number of benzene rings is 3. The molecular weight excluding hydrogens is 465 g/mol. The number of para-hydroxylation sites is 1. The van der Waals surface area contributed by atoms with E-state index in [0.29, 0.717) is 32.3 Å². The minimum Gasteiger partial charge on any atom is -0.484 e. The monoisotopic (exact) mass is 483 g/mol. The van der Waals surface area contributed by atoms with Crippen LogP contribution in [-0.2, 0) is 6.61 Å². The molecule has 0 saturated carbocycles. The molecule has 0 aliphatic rings. The molecule has 32 heavy (non-hydrogen) atoms. The summed E-state index contributed by atoms with van der Waals surface area (Å²) in [6.45, 7) is 2.16. The maximum Gasteiger partial charge on any atom is 0.196 e. The average Bonchev–Trinajstić information content (AvgIpc) is 3.20. The summed E-state index contributed by atoms with van der Waals surface area (Å²) in [5, 5.41) is 10.2. The first-order valence-electron chi connectivity index (χ1n) is 9.82. The SMILES string of the molecule is Cc1ccccc1-n1c(COc2ccc(Cl)cc2Cl)nnc1SCC(=O)c1ccccc1. The Hall–Kier alpha value is -2.80. The number of aryl methyl sites for hydroxylation is 1. The summed E-state index contributed by atoms with van der Waals surface area (Å²) in [5.41, 5.74) is 2.64. The predicted molar refractivity (Wildman–Crippen MR) is 128 cm³/mol. The third-order valence-corrected chi connectivity index (χ3v) is 6.19. The Labute approximate surface area is 200 Å². The molecule has 0 radical (unpaired) electrons. The lowest BCUT2D eigenvalue weighted by Gasteiger charge is -2.13. The molecular formula is C24H19Cl2N3O2S. The van der Waals surface area contributed by atoms with Gasteiger partial charge in [0, 0.05) is 10.6 Å². The van der Waals surface area contributed by atoms with Crippen LogP contribution in [0.1, 0.15) is 21.7 Å². The summed E-state index contributed by atoms with van der Waals surface area (Å²) in [4.78, 5) is 12.6. The summed E-state index contributed by atoms with van der Waals surface area (Å²) in [6.07, 6.45) is 0. The number of aromatic nitrogens is 3. The highest BCUT2D eigenvalue weighted by atomic mass is 35.5. The van der Waals surface area contributed by atoms with E-state index in [1.165, 1.54) is 11.8 Å². The van der Waals surface area contributed by atoms with Crippen molar-refractivity contribution in [2.24, 2.45) is 0 Å². The second kappa shape index (κ2) is 10.2. The van der Waals surface area contributed by atoms with Crippen LogP contribution in [0.25, 0.3) is 5.69 Å². The fourth-order valence-corrected chi connectivity index (χ4v) is 4.44. The molecule has 8 heteroatoms. The highest BCUT2D eigenvalue weighted by Crippen LogP contribution is 2.29. The molecule has 0 atom stereocenters. The van der Waals surface area contributed by atoms with Crippen LogP contribution in [0.15, 0.2) is 78.0 Å². The number of halogens is 2. The van der Waals surface area contributed by atoms with Gasteiger partial charge in [-0.3, -0.25) is 9.36 Å². The van der Waals surface area contributed by atoms with Gasteiger partial charge >= 0.3 is 0 Å². The van der Waals surface area contributed by atoms with Gasteiger partial charge in [0.1, 0.15) is 12.4 Å². The Kier molecular flexibility index (Phi) is 7.15. The molecule has 5 nitrogen and oxygen atoms in total. The van der Waals surface area contributed by atoms with E-state index in [-0.39, 0.29) is 18.1 Å². The molecule has 162 valence electrons. The standard InChI is InChI=1S/C24H19Cl2N3O2S/c1-16-7-5-6-10-20(16)29-23(14-31-22-12-11-18(25)13-19(22)26)27-28-24(29)32-15-21(30)17-8-3-2-4-9-17/h2-13H,14-15H2,1H3. The Bertz CT molecular complexity index is 1250. The topological polar surface area (TPSA) is 57.0 Å². The second-order valence-electron chi connectivity index (χ2n) is 6.96. The molecule has 0 aliphatic heterocycles. The Balaban J connectivity index is 1.60. The van der Waals surface area contributed by atoms with E-state index in [1.54, 1.807) is 18.2 Å². The van der Waals surface area contributed by atoms with Gasteiger partial charge in [0.15, 0.2) is 16.8 Å². The van der Waals surface area contributed by atoms with E-state index in [0.717, 1.165) is 11.3 Å². The Morgan fingerprint density at radius 1 is 1.00 bits per heavy atom. The summed E-state index contributed by atoms with van der Waals surface area (Å²) in [6, 6.07) is 22.2. The minimum absolute atomic E-state index is 0.0284. The van der Waals surface area contributed by atoms with Crippen LogP contribution in [-0.4, -0.2) is 26.3 Å². The number of ketones is 1. The van der Waals surface area contributed by atoms with Crippen molar-refractivity contribution in [3.63, 3.8) is 0 Å². The van der Waals surface area contributed by atoms with Gasteiger partial charge < -0.3 is 4.74 Å². The van der Waals surface area contributed by atoms with Crippen molar-refractivity contribution in [3.05, 3.63) is 99.8 Å². The van der Waals surface area contributed by atoms with Crippen LogP contribution in [0, 0.1) is 6.92 Å². The summed E-state index contributed by atoms with van der Waals surface area (Å²) in [5.74, 6) is 1.38. The first-order valence-corrected chi connectivity index (χ1v) is 11.6. The molecule has 0 N–H and O–H groups in total. The molecule has 1 heterocycles. The van der Waals surface area contributed by atoms with E-state index in [4.69, 9.17) is 27.9 Å². The first kappa shape index (κ1) is 22.4. The fraction of sp³-hybridized carbons (Fsp3) is 0.125. The van der Waals surface area contributed by atoms with Gasteiger partial charge in [-0.15, -0.1) is 10.2 Å². The molecule has 0 bridgehead atoms. The van der Waals surface area contributed by atoms with Crippen molar-refractivity contribution in [1.29, 1.82) is 0 Å². The van der Waals surface area contributed by atoms with Crippen LogP contribution >= 0.6 is 35.0 Å². The lowest BCUT2D eigenvalue weighted by Crippen LogP contribution is -2.09. The number of Topliss-reactive ketones (excluding diaryl/α,β-unsaturated/α-hetero) is 1. The maximum atomic E-state index is 12.6. The van der Waals surface area contributed by atoms with Crippen molar-refractivity contribution in [1.82, 2.24) is 14.8 Å². The predicted octanol–water partition coefficient (Wildman–Crippen LogP) is 6.44. The molecule has 4 rings (SSSR count). The third kappa shape index (κ3) is 5.15. The Morgan fingerprint density at radius 2 is 1.75 bits per heavy atom. The molecule has 0 aliphatic carbocycles. The number of hydrogen-bond acceptors (Lipinski definition) is 5. The summed E-state index contributed by atoms with van der Waals surface area (Å²) >= 11 is 13.5. The molecule has 0 saturated heterocycles. The number of carbonyl (C=O) groups excluding carboxylic acids is 1. The number of nitrogens with zero attached hydrogens (tertiary/aromatic N) is 3. The zero-order valence-electron chi connectivity index (χ0n) is 17.2. The van der Waals surface area contributed by atoms with Gasteiger partial charge in [0.25, 0.3) is 0 Å². The van der Waals surface area contributed by atoms with Gasteiger partial charge in [0.05, 0.1) is 16.5 Å². The van der Waals surface area contributed by atoms with E-state index >= 15 is 0 Å². The normalized spacial score (nSPS) is 10.8. The van der Waals surface area contributed by atoms with Crippen LogP contribution in [0.3, 0.4) is 0 Å². The van der Waals surface area contributed by atoms with Gasteiger partial charge in [-0.1, -0.05) is 83.5 Å². The number of hydrogen-bond donors (Lipinski definition) is 0. The molecule has 0 amide bonds. The second-order valence-corrected chi connectivity index (χ2v) is 8.75. The molecule has 0 unspecified atom stereocenters. The summed E-state index contributed by atoms with van der Waals surface area (Å²) in [7, 11) is 0. The van der Waals surface area contributed by atoms with Crippen LogP contribution in [0.2, 0.25) is 10.0 Å². The van der Waals surface area contributed by atoms with E-state index < -0.39 is 0 Å². The maximum absolute atomic E-state index is 12.6. The molecule has 3 aromatic carbocycles. The fourth-order valence-electron chi connectivity index (χ4n) is 3.12. The first-order chi connectivity index (χ1) is 15.5. The highest BCUT2D eigenvalue weighted by Gasteiger charge is 2.18. The van der Waals surface area contributed by atoms with Gasteiger partial charge in [-0.05, 0) is 36.8 Å². The molecule has 0 spiro atoms. The molecule has 1 aromatic heterocycles. The largest absolute Gasteiger partial charge is 0.484 e. The third-order valence-electron chi connectivity index (χ3n) is 4.74. The average molecular weight is 484 g/mol. The quantitative estimate of drug-likeness (QED) is 0.213. The van der Waals surface area contributed by atoms with Crippen LogP contribution in [0.5, 0.6) is 5.75 Å². The van der Waals surface area contributed by atoms with Crippen molar-refractivity contribution in [2.45, 2.75) is 18.7 Å². The minimum atomic E-state index is 0.0284. The zero-order valence-corrected chi connectivity index (χ0v) is 19.5. The highest BCUT2D eigenvalue weighted by molar-refractivity contribution is 7.99. The number of carbonyl (C=O) groups is 1. The number of ether oxygens (including phenoxy) is 1. The van der Waals surface area contributed by atoms with Crippen molar-refractivity contribution < 1.29 is 9.53 Å². The van der Waals surface area contributed by atoms with Gasteiger partial charge in [-0.25, -0.2) is 0 Å². The summed E-state index contributed by atoms with van der Waals surface area (Å²) < 4.78 is 7.82. The van der Waals surface area contributed by atoms with E-state index in [1.807, 2.05) is 66.1 Å². The Morgan fingerprint density at radius 3 is 2.50 bits per heavy atom. The number of rotatable bonds is 8. The lowest BCUT2D eigenvalue weighted by molar-refractivity contribution is 0.102. The molecule has 0 fully saturated rings. The van der Waals surface area contributed by atoms with Crippen LogP contribution < -0.4 is 4.74 Å².